The number of aromatic amines is 1. The molecule has 1 saturated heterocycles. The van der Waals surface area contributed by atoms with Crippen molar-refractivity contribution in [3.8, 4) is 11.3 Å². The number of nitrogens with one attached hydrogen (secondary N) is 1. The van der Waals surface area contributed by atoms with E-state index in [1.165, 1.54) is 5.69 Å². The molecular formula is C16H18ClN3O. The van der Waals surface area contributed by atoms with Crippen LogP contribution in [-0.2, 0) is 0 Å². The molecule has 1 fully saturated rings. The molecule has 0 unspecified atom stereocenters. The second-order valence-electron chi connectivity index (χ2n) is 5.39. The van der Waals surface area contributed by atoms with Crippen LogP contribution in [0.15, 0.2) is 41.2 Å². The van der Waals surface area contributed by atoms with Gasteiger partial charge < -0.3 is 14.8 Å². The van der Waals surface area contributed by atoms with E-state index in [1.807, 2.05) is 18.2 Å². The zero-order valence-electron chi connectivity index (χ0n) is 12.0. The standard InChI is InChI=1S/C16H18ClN3O/c1-19-8-10-20(11-9-19)13-4-2-12(3-5-13)15-7-6-14(17)16(21)18-15/h2-7H,8-11H2,1H3,(H,18,21). The van der Waals surface area contributed by atoms with E-state index in [4.69, 9.17) is 11.6 Å². The van der Waals surface area contributed by atoms with Gasteiger partial charge in [-0.2, -0.15) is 0 Å². The van der Waals surface area contributed by atoms with E-state index in [2.05, 4.69) is 34.0 Å². The van der Waals surface area contributed by atoms with Gasteiger partial charge in [0, 0.05) is 37.6 Å². The summed E-state index contributed by atoms with van der Waals surface area (Å²) in [6.07, 6.45) is 0. The minimum Gasteiger partial charge on any atom is -0.369 e. The molecule has 1 aromatic heterocycles. The third-order valence-electron chi connectivity index (χ3n) is 3.91. The molecule has 0 bridgehead atoms. The molecule has 0 radical (unpaired) electrons. The zero-order valence-corrected chi connectivity index (χ0v) is 12.7. The van der Waals surface area contributed by atoms with Crippen LogP contribution in [0.5, 0.6) is 0 Å². The summed E-state index contributed by atoms with van der Waals surface area (Å²) in [5, 5.41) is 0.216. The monoisotopic (exact) mass is 303 g/mol. The topological polar surface area (TPSA) is 39.3 Å². The summed E-state index contributed by atoms with van der Waals surface area (Å²) in [7, 11) is 2.15. The number of benzene rings is 1. The van der Waals surface area contributed by atoms with E-state index in [9.17, 15) is 4.79 Å². The Morgan fingerprint density at radius 3 is 2.29 bits per heavy atom. The normalized spacial score (nSPS) is 16.2. The number of nitrogens with zero attached hydrogens (tertiary/aromatic N) is 2. The number of pyridine rings is 1. The van der Waals surface area contributed by atoms with Crippen molar-refractivity contribution in [2.45, 2.75) is 0 Å². The van der Waals surface area contributed by atoms with Crippen LogP contribution in [0.25, 0.3) is 11.3 Å². The molecule has 0 amide bonds. The summed E-state index contributed by atoms with van der Waals surface area (Å²) in [5.74, 6) is 0. The highest BCUT2D eigenvalue weighted by molar-refractivity contribution is 6.30. The largest absolute Gasteiger partial charge is 0.369 e. The quantitative estimate of drug-likeness (QED) is 0.926. The highest BCUT2D eigenvalue weighted by atomic mass is 35.5. The third-order valence-corrected chi connectivity index (χ3v) is 4.21. The average Bonchev–Trinajstić information content (AvgIpc) is 2.51. The summed E-state index contributed by atoms with van der Waals surface area (Å²) in [6.45, 7) is 4.28. The third kappa shape index (κ3) is 3.12. The molecule has 3 rings (SSSR count). The first-order valence-electron chi connectivity index (χ1n) is 7.06. The van der Waals surface area contributed by atoms with Gasteiger partial charge in [-0.05, 0) is 36.9 Å². The minimum atomic E-state index is -0.252. The first-order valence-corrected chi connectivity index (χ1v) is 7.44. The van der Waals surface area contributed by atoms with E-state index in [0.29, 0.717) is 0 Å². The number of H-pyrrole nitrogens is 1. The molecule has 1 aliphatic rings. The van der Waals surface area contributed by atoms with Crippen LogP contribution in [0.4, 0.5) is 5.69 Å². The van der Waals surface area contributed by atoms with Gasteiger partial charge in [0.1, 0.15) is 5.02 Å². The lowest BCUT2D eigenvalue weighted by Gasteiger charge is -2.34. The Kier molecular flexibility index (Phi) is 3.99. The lowest BCUT2D eigenvalue weighted by atomic mass is 10.1. The molecular weight excluding hydrogens is 286 g/mol. The zero-order chi connectivity index (χ0) is 14.8. The van der Waals surface area contributed by atoms with Crippen molar-refractivity contribution >= 4 is 17.3 Å². The number of aromatic nitrogens is 1. The lowest BCUT2D eigenvalue weighted by molar-refractivity contribution is 0.313. The summed E-state index contributed by atoms with van der Waals surface area (Å²) >= 11 is 5.75. The van der Waals surface area contributed by atoms with Crippen LogP contribution in [0.2, 0.25) is 5.02 Å². The number of halogens is 1. The van der Waals surface area contributed by atoms with Crippen molar-refractivity contribution in [1.82, 2.24) is 9.88 Å². The van der Waals surface area contributed by atoms with Gasteiger partial charge in [0.2, 0.25) is 0 Å². The minimum absolute atomic E-state index is 0.216. The second-order valence-corrected chi connectivity index (χ2v) is 5.79. The van der Waals surface area contributed by atoms with E-state index in [-0.39, 0.29) is 10.6 Å². The molecule has 4 nitrogen and oxygen atoms in total. The highest BCUT2D eigenvalue weighted by Gasteiger charge is 2.14. The van der Waals surface area contributed by atoms with Crippen molar-refractivity contribution in [3.05, 3.63) is 51.8 Å². The van der Waals surface area contributed by atoms with Crippen molar-refractivity contribution in [2.24, 2.45) is 0 Å². The van der Waals surface area contributed by atoms with Crippen LogP contribution in [0, 0.1) is 0 Å². The molecule has 5 heteroatoms. The van der Waals surface area contributed by atoms with Crippen molar-refractivity contribution in [2.75, 3.05) is 38.1 Å². The van der Waals surface area contributed by atoms with E-state index >= 15 is 0 Å². The van der Waals surface area contributed by atoms with Gasteiger partial charge in [0.05, 0.1) is 0 Å². The Morgan fingerprint density at radius 2 is 1.67 bits per heavy atom. The Balaban J connectivity index is 1.80. The van der Waals surface area contributed by atoms with Crippen LogP contribution in [0.1, 0.15) is 0 Å². The lowest BCUT2D eigenvalue weighted by Crippen LogP contribution is -2.44. The fraction of sp³-hybridized carbons (Fsp3) is 0.312. The SMILES string of the molecule is CN1CCN(c2ccc(-c3ccc(Cl)c(=O)[nH]3)cc2)CC1. The molecule has 0 spiro atoms. The summed E-state index contributed by atoms with van der Waals surface area (Å²) in [6, 6.07) is 11.7. The number of likely N-dealkylation sites (N-methyl/N-ethyl adjacent to an activating group) is 1. The second kappa shape index (κ2) is 5.92. The van der Waals surface area contributed by atoms with Gasteiger partial charge >= 0.3 is 0 Å². The Morgan fingerprint density at radius 1 is 1.00 bits per heavy atom. The smallest absolute Gasteiger partial charge is 0.267 e. The molecule has 1 aromatic carbocycles. The van der Waals surface area contributed by atoms with Crippen LogP contribution in [-0.4, -0.2) is 43.1 Å². The molecule has 1 N–H and O–H groups in total. The summed E-state index contributed by atoms with van der Waals surface area (Å²) in [5.41, 5.74) is 2.75. The van der Waals surface area contributed by atoms with Gasteiger partial charge in [-0.1, -0.05) is 23.7 Å². The average molecular weight is 304 g/mol. The molecule has 2 heterocycles. The van der Waals surface area contributed by atoms with Crippen molar-refractivity contribution in [1.29, 1.82) is 0 Å². The van der Waals surface area contributed by atoms with E-state index < -0.39 is 0 Å². The predicted octanol–water partition coefficient (Wildman–Crippen LogP) is 2.45. The first-order chi connectivity index (χ1) is 10.1. The molecule has 0 atom stereocenters. The van der Waals surface area contributed by atoms with Gasteiger partial charge in [0.15, 0.2) is 0 Å². The number of piperazine rings is 1. The van der Waals surface area contributed by atoms with E-state index in [0.717, 1.165) is 37.4 Å². The Bertz CT molecular complexity index is 673. The highest BCUT2D eigenvalue weighted by Crippen LogP contribution is 2.22. The molecule has 110 valence electrons. The van der Waals surface area contributed by atoms with Gasteiger partial charge in [0.25, 0.3) is 5.56 Å². The van der Waals surface area contributed by atoms with Crippen LogP contribution < -0.4 is 10.5 Å². The Labute approximate surface area is 129 Å². The predicted molar refractivity (Wildman–Crippen MR) is 87.2 cm³/mol. The number of anilines is 1. The maximum absolute atomic E-state index is 11.6. The van der Waals surface area contributed by atoms with Gasteiger partial charge in [-0.15, -0.1) is 0 Å². The molecule has 0 saturated carbocycles. The van der Waals surface area contributed by atoms with Gasteiger partial charge in [-0.3, -0.25) is 4.79 Å². The maximum atomic E-state index is 11.6. The number of hydrogen-bond donors (Lipinski definition) is 1. The van der Waals surface area contributed by atoms with Crippen molar-refractivity contribution in [3.63, 3.8) is 0 Å². The maximum Gasteiger partial charge on any atom is 0.267 e. The number of rotatable bonds is 2. The fourth-order valence-corrected chi connectivity index (χ4v) is 2.65. The molecule has 1 aliphatic heterocycles. The molecule has 21 heavy (non-hydrogen) atoms. The van der Waals surface area contributed by atoms with Crippen LogP contribution in [0.3, 0.4) is 0 Å². The van der Waals surface area contributed by atoms with E-state index in [1.54, 1.807) is 6.07 Å². The van der Waals surface area contributed by atoms with Gasteiger partial charge in [-0.25, -0.2) is 0 Å². The molecule has 0 aliphatic carbocycles. The fourth-order valence-electron chi connectivity index (χ4n) is 2.54. The summed E-state index contributed by atoms with van der Waals surface area (Å²) < 4.78 is 0. The molecule has 2 aromatic rings. The Hall–Kier alpha value is -1.78. The first kappa shape index (κ1) is 14.2. The number of hydrogen-bond acceptors (Lipinski definition) is 3. The summed E-state index contributed by atoms with van der Waals surface area (Å²) in [4.78, 5) is 19.1. The van der Waals surface area contributed by atoms with Crippen molar-refractivity contribution < 1.29 is 0 Å². The van der Waals surface area contributed by atoms with Crippen LogP contribution >= 0.6 is 11.6 Å².